The van der Waals surface area contributed by atoms with Crippen molar-refractivity contribution in [3.8, 4) is 0 Å². The van der Waals surface area contributed by atoms with Gasteiger partial charge in [-0.15, -0.1) is 0 Å². The lowest BCUT2D eigenvalue weighted by Crippen LogP contribution is -2.45. The molecule has 0 heterocycles. The van der Waals surface area contributed by atoms with E-state index >= 15 is 0 Å². The largest absolute Gasteiger partial charge is 0.364 e. The minimum atomic E-state index is -0.491. The number of rotatable bonds is 4. The normalized spacial score (nSPS) is 11.1. The number of hydrogen-bond donors (Lipinski definition) is 1. The molecule has 0 radical (unpaired) electrons. The third-order valence-corrected chi connectivity index (χ3v) is 3.01. The Morgan fingerprint density at radius 2 is 2.00 bits per heavy atom. The van der Waals surface area contributed by atoms with Crippen LogP contribution in [0.4, 0.5) is 11.4 Å². The minimum absolute atomic E-state index is 0.0613. The Bertz CT molecular complexity index is 544. The summed E-state index contributed by atoms with van der Waals surface area (Å²) in [6.45, 7) is 7.54. The van der Waals surface area contributed by atoms with Gasteiger partial charge >= 0.3 is 0 Å². The molecule has 0 aliphatic carbocycles. The number of aryl methyl sites for hydroxylation is 1. The molecule has 0 fully saturated rings. The maximum atomic E-state index is 11.9. The fourth-order valence-electron chi connectivity index (χ4n) is 2.06. The van der Waals surface area contributed by atoms with Gasteiger partial charge in [-0.2, -0.15) is 0 Å². The fraction of sp³-hybridized carbons (Fsp3) is 0.500. The second-order valence-corrected chi connectivity index (χ2v) is 6.41. The summed E-state index contributed by atoms with van der Waals surface area (Å²) >= 11 is 6.11. The number of halogens is 1. The molecule has 1 amide bonds. The van der Waals surface area contributed by atoms with Gasteiger partial charge in [-0.1, -0.05) is 11.6 Å². The standard InChI is InChI=1S/C14H20ClN3O3/c1-9-6-10(18(20)21)7-11(15)13(9)17(5)8-12(19)16-14(2,3)4/h6-7H,8H2,1-5H3,(H,16,19). The molecule has 0 aliphatic heterocycles. The van der Waals surface area contributed by atoms with Crippen LogP contribution in [-0.4, -0.2) is 30.0 Å². The van der Waals surface area contributed by atoms with Gasteiger partial charge in [-0.3, -0.25) is 14.9 Å². The molecule has 0 saturated carbocycles. The molecule has 1 rings (SSSR count). The lowest BCUT2D eigenvalue weighted by atomic mass is 10.1. The van der Waals surface area contributed by atoms with E-state index in [1.54, 1.807) is 18.9 Å². The SMILES string of the molecule is Cc1cc([N+](=O)[O-])cc(Cl)c1N(C)CC(=O)NC(C)(C)C. The lowest BCUT2D eigenvalue weighted by Gasteiger charge is -2.25. The number of carbonyl (C=O) groups is 1. The van der Waals surface area contributed by atoms with E-state index in [4.69, 9.17) is 11.6 Å². The second kappa shape index (κ2) is 6.30. The van der Waals surface area contributed by atoms with E-state index in [2.05, 4.69) is 5.32 Å². The topological polar surface area (TPSA) is 75.5 Å². The highest BCUT2D eigenvalue weighted by Crippen LogP contribution is 2.33. The van der Waals surface area contributed by atoms with Crippen LogP contribution >= 0.6 is 11.6 Å². The first kappa shape index (κ1) is 17.2. The summed E-state index contributed by atoms with van der Waals surface area (Å²) in [6.07, 6.45) is 0. The van der Waals surface area contributed by atoms with Crippen molar-refractivity contribution in [2.45, 2.75) is 33.2 Å². The molecule has 1 aromatic carbocycles. The summed E-state index contributed by atoms with van der Waals surface area (Å²) in [4.78, 5) is 23.9. The van der Waals surface area contributed by atoms with Crippen molar-refractivity contribution in [2.75, 3.05) is 18.5 Å². The first-order valence-corrected chi connectivity index (χ1v) is 6.86. The van der Waals surface area contributed by atoms with Gasteiger partial charge < -0.3 is 10.2 Å². The van der Waals surface area contributed by atoms with E-state index in [1.165, 1.54) is 12.1 Å². The number of amides is 1. The van der Waals surface area contributed by atoms with Gasteiger partial charge in [0.2, 0.25) is 5.91 Å². The minimum Gasteiger partial charge on any atom is -0.364 e. The smallest absolute Gasteiger partial charge is 0.271 e. The summed E-state index contributed by atoms with van der Waals surface area (Å²) in [6, 6.07) is 2.74. The molecule has 0 aromatic heterocycles. The number of hydrogen-bond acceptors (Lipinski definition) is 4. The molecule has 0 aliphatic rings. The zero-order valence-corrected chi connectivity index (χ0v) is 13.6. The molecular formula is C14H20ClN3O3. The van der Waals surface area contributed by atoms with E-state index < -0.39 is 4.92 Å². The van der Waals surface area contributed by atoms with Gasteiger partial charge in [0.15, 0.2) is 0 Å². The summed E-state index contributed by atoms with van der Waals surface area (Å²) in [5.74, 6) is -0.140. The molecule has 0 saturated heterocycles. The van der Waals surface area contributed by atoms with Gasteiger partial charge in [-0.25, -0.2) is 0 Å². The Morgan fingerprint density at radius 1 is 1.43 bits per heavy atom. The second-order valence-electron chi connectivity index (χ2n) is 6.00. The number of nitrogens with zero attached hydrogens (tertiary/aromatic N) is 2. The third-order valence-electron chi connectivity index (χ3n) is 2.73. The highest BCUT2D eigenvalue weighted by atomic mass is 35.5. The Balaban J connectivity index is 2.95. The number of benzene rings is 1. The number of likely N-dealkylation sites (N-methyl/N-ethyl adjacent to an activating group) is 1. The Hall–Kier alpha value is -1.82. The maximum absolute atomic E-state index is 11.9. The number of nitro benzene ring substituents is 1. The molecule has 7 heteroatoms. The predicted molar refractivity (Wildman–Crippen MR) is 84.0 cm³/mol. The number of carbonyl (C=O) groups excluding carboxylic acids is 1. The molecule has 1 aromatic rings. The van der Waals surface area contributed by atoms with E-state index in [-0.39, 0.29) is 28.7 Å². The lowest BCUT2D eigenvalue weighted by molar-refractivity contribution is -0.384. The van der Waals surface area contributed by atoms with Crippen molar-refractivity contribution in [1.29, 1.82) is 0 Å². The van der Waals surface area contributed by atoms with Crippen LogP contribution in [-0.2, 0) is 4.79 Å². The molecule has 0 atom stereocenters. The van der Waals surface area contributed by atoms with Crippen molar-refractivity contribution in [2.24, 2.45) is 0 Å². The van der Waals surface area contributed by atoms with Crippen LogP contribution in [0.15, 0.2) is 12.1 Å². The molecule has 0 spiro atoms. The average molecular weight is 314 g/mol. The van der Waals surface area contributed by atoms with Crippen molar-refractivity contribution in [3.63, 3.8) is 0 Å². The van der Waals surface area contributed by atoms with Gasteiger partial charge in [0.1, 0.15) is 0 Å². The monoisotopic (exact) mass is 313 g/mol. The number of non-ortho nitro benzene ring substituents is 1. The van der Waals surface area contributed by atoms with Crippen molar-refractivity contribution in [3.05, 3.63) is 32.8 Å². The van der Waals surface area contributed by atoms with Crippen molar-refractivity contribution in [1.82, 2.24) is 5.32 Å². The van der Waals surface area contributed by atoms with Crippen LogP contribution < -0.4 is 10.2 Å². The van der Waals surface area contributed by atoms with Crippen LogP contribution in [0.1, 0.15) is 26.3 Å². The maximum Gasteiger partial charge on any atom is 0.271 e. The molecule has 116 valence electrons. The van der Waals surface area contributed by atoms with Gasteiger partial charge in [0, 0.05) is 24.7 Å². The average Bonchev–Trinajstić information content (AvgIpc) is 2.24. The predicted octanol–water partition coefficient (Wildman–Crippen LogP) is 2.91. The Morgan fingerprint density at radius 3 is 2.43 bits per heavy atom. The van der Waals surface area contributed by atoms with Crippen LogP contribution in [0.25, 0.3) is 0 Å². The number of nitrogens with one attached hydrogen (secondary N) is 1. The summed E-state index contributed by atoms with van der Waals surface area (Å²) in [5, 5.41) is 13.9. The quantitative estimate of drug-likeness (QED) is 0.685. The molecule has 0 unspecified atom stereocenters. The Kier molecular flexibility index (Phi) is 5.17. The molecule has 6 nitrogen and oxygen atoms in total. The molecule has 0 bridgehead atoms. The first-order valence-electron chi connectivity index (χ1n) is 6.48. The van der Waals surface area contributed by atoms with E-state index in [9.17, 15) is 14.9 Å². The third kappa shape index (κ3) is 4.90. The van der Waals surface area contributed by atoms with E-state index in [1.807, 2.05) is 20.8 Å². The number of nitro groups is 1. The van der Waals surface area contributed by atoms with Gasteiger partial charge in [0.25, 0.3) is 5.69 Å². The van der Waals surface area contributed by atoms with Crippen molar-refractivity contribution < 1.29 is 9.72 Å². The molecular weight excluding hydrogens is 294 g/mol. The summed E-state index contributed by atoms with van der Waals surface area (Å²) in [7, 11) is 1.72. The highest BCUT2D eigenvalue weighted by molar-refractivity contribution is 6.33. The van der Waals surface area contributed by atoms with Crippen molar-refractivity contribution >= 4 is 28.9 Å². The van der Waals surface area contributed by atoms with Crippen LogP contribution in [0.2, 0.25) is 5.02 Å². The van der Waals surface area contributed by atoms with Crippen LogP contribution in [0, 0.1) is 17.0 Å². The summed E-state index contributed by atoms with van der Waals surface area (Å²) in [5.41, 5.74) is 0.895. The summed E-state index contributed by atoms with van der Waals surface area (Å²) < 4.78 is 0. The molecule has 1 N–H and O–H groups in total. The van der Waals surface area contributed by atoms with Crippen LogP contribution in [0.5, 0.6) is 0 Å². The van der Waals surface area contributed by atoms with Crippen LogP contribution in [0.3, 0.4) is 0 Å². The van der Waals surface area contributed by atoms with E-state index in [0.29, 0.717) is 11.3 Å². The highest BCUT2D eigenvalue weighted by Gasteiger charge is 2.19. The van der Waals surface area contributed by atoms with Gasteiger partial charge in [-0.05, 0) is 33.3 Å². The zero-order valence-electron chi connectivity index (χ0n) is 12.9. The fourth-order valence-corrected chi connectivity index (χ4v) is 2.46. The van der Waals surface area contributed by atoms with E-state index in [0.717, 1.165) is 0 Å². The first-order chi connectivity index (χ1) is 9.51. The zero-order chi connectivity index (χ0) is 16.4. The Labute approximate surface area is 129 Å². The molecule has 21 heavy (non-hydrogen) atoms. The van der Waals surface area contributed by atoms with Gasteiger partial charge in [0.05, 0.1) is 22.2 Å². The number of anilines is 1.